The topological polar surface area (TPSA) is 61.7 Å². The number of carbonyl (C=O) groups excluding carboxylic acids is 1. The molecule has 4 nitrogen and oxygen atoms in total. The highest BCUT2D eigenvalue weighted by molar-refractivity contribution is 9.10. The Morgan fingerprint density at radius 3 is 2.82 bits per heavy atom. The summed E-state index contributed by atoms with van der Waals surface area (Å²) in [7, 11) is 0. The molecule has 0 heterocycles. The van der Waals surface area contributed by atoms with E-state index in [1.165, 1.54) is 6.21 Å². The smallest absolute Gasteiger partial charge is 0.271 e. The lowest BCUT2D eigenvalue weighted by Crippen LogP contribution is -2.17. The van der Waals surface area contributed by atoms with Crippen LogP contribution in [0, 0.1) is 0 Å². The van der Waals surface area contributed by atoms with E-state index in [0.717, 1.165) is 10.0 Å². The highest BCUT2D eigenvalue weighted by Crippen LogP contribution is 2.21. The van der Waals surface area contributed by atoms with E-state index < -0.39 is 0 Å². The summed E-state index contributed by atoms with van der Waals surface area (Å²) in [6, 6.07) is 12.3. The summed E-state index contributed by atoms with van der Waals surface area (Å²) >= 11 is 3.31. The number of nitrogens with one attached hydrogen (secondary N) is 1. The van der Waals surface area contributed by atoms with Gasteiger partial charge < -0.3 is 5.11 Å². The van der Waals surface area contributed by atoms with Gasteiger partial charge in [0, 0.05) is 15.6 Å². The summed E-state index contributed by atoms with van der Waals surface area (Å²) in [5.41, 5.74) is 4.23. The molecule has 0 saturated carbocycles. The van der Waals surface area contributed by atoms with Crippen molar-refractivity contribution in [2.75, 3.05) is 0 Å². The van der Waals surface area contributed by atoms with Crippen molar-refractivity contribution in [3.63, 3.8) is 0 Å². The summed E-state index contributed by atoms with van der Waals surface area (Å²) in [6.07, 6.45) is 3.70. The van der Waals surface area contributed by atoms with Gasteiger partial charge in [-0.15, -0.1) is 6.58 Å². The Balaban J connectivity index is 2.08. The molecule has 22 heavy (non-hydrogen) atoms. The molecule has 0 atom stereocenters. The molecule has 0 aliphatic heterocycles. The number of hydrazone groups is 1. The lowest BCUT2D eigenvalue weighted by Gasteiger charge is -2.04. The number of amides is 1. The number of benzene rings is 2. The maximum absolute atomic E-state index is 11.9. The van der Waals surface area contributed by atoms with Crippen molar-refractivity contribution in [3.8, 4) is 5.75 Å². The molecule has 0 fully saturated rings. The first-order chi connectivity index (χ1) is 10.6. The minimum atomic E-state index is -0.320. The van der Waals surface area contributed by atoms with Gasteiger partial charge in [0.25, 0.3) is 5.91 Å². The monoisotopic (exact) mass is 358 g/mol. The van der Waals surface area contributed by atoms with E-state index in [9.17, 15) is 9.90 Å². The molecule has 2 aromatic carbocycles. The number of hydrogen-bond donors (Lipinski definition) is 2. The third-order valence-corrected chi connectivity index (χ3v) is 3.46. The fourth-order valence-corrected chi connectivity index (χ4v) is 2.29. The maximum atomic E-state index is 11.9. The number of para-hydroxylation sites is 1. The minimum absolute atomic E-state index is 0.142. The van der Waals surface area contributed by atoms with E-state index in [0.29, 0.717) is 17.5 Å². The number of halogens is 1. The predicted molar refractivity (Wildman–Crippen MR) is 91.2 cm³/mol. The Bertz CT molecular complexity index is 726. The van der Waals surface area contributed by atoms with Gasteiger partial charge in [0.1, 0.15) is 5.75 Å². The minimum Gasteiger partial charge on any atom is -0.507 e. The summed E-state index contributed by atoms with van der Waals surface area (Å²) in [4.78, 5) is 11.9. The van der Waals surface area contributed by atoms with Crippen molar-refractivity contribution in [3.05, 3.63) is 76.3 Å². The number of hydrogen-bond acceptors (Lipinski definition) is 3. The van der Waals surface area contributed by atoms with Crippen LogP contribution >= 0.6 is 15.9 Å². The Morgan fingerprint density at radius 2 is 2.09 bits per heavy atom. The van der Waals surface area contributed by atoms with Crippen LogP contribution in [0.2, 0.25) is 0 Å². The molecule has 0 aliphatic rings. The second-order valence-electron chi connectivity index (χ2n) is 4.56. The van der Waals surface area contributed by atoms with Gasteiger partial charge in [-0.05, 0) is 36.2 Å². The first-order valence-electron chi connectivity index (χ1n) is 6.62. The highest BCUT2D eigenvalue weighted by Gasteiger charge is 2.05. The van der Waals surface area contributed by atoms with Gasteiger partial charge in [0.2, 0.25) is 0 Å². The molecule has 0 unspecified atom stereocenters. The van der Waals surface area contributed by atoms with Crippen molar-refractivity contribution < 1.29 is 9.90 Å². The van der Waals surface area contributed by atoms with Crippen molar-refractivity contribution in [2.24, 2.45) is 5.10 Å². The van der Waals surface area contributed by atoms with Crippen molar-refractivity contribution in [1.82, 2.24) is 5.43 Å². The fourth-order valence-electron chi connectivity index (χ4n) is 1.89. The van der Waals surface area contributed by atoms with Gasteiger partial charge in [-0.25, -0.2) is 5.43 Å². The lowest BCUT2D eigenvalue weighted by atomic mass is 10.1. The number of phenols is 1. The van der Waals surface area contributed by atoms with Crippen LogP contribution in [0.3, 0.4) is 0 Å². The number of aromatic hydroxyl groups is 1. The standard InChI is InChI=1S/C17H15BrN2O2/c1-2-5-12-6-3-8-14(16(12)21)11-19-20-17(22)13-7-4-9-15(18)10-13/h2-4,6-11,21H,1,5H2,(H,20,22). The number of allylic oxidation sites excluding steroid dienone is 1. The molecule has 0 bridgehead atoms. The molecule has 0 aliphatic carbocycles. The lowest BCUT2D eigenvalue weighted by molar-refractivity contribution is 0.0955. The van der Waals surface area contributed by atoms with Gasteiger partial charge in [0.15, 0.2) is 0 Å². The molecule has 2 aromatic rings. The predicted octanol–water partition coefficient (Wildman–Crippen LogP) is 3.65. The normalized spacial score (nSPS) is 10.6. The van der Waals surface area contributed by atoms with E-state index in [1.807, 2.05) is 18.2 Å². The SMILES string of the molecule is C=CCc1cccc(C=NNC(=O)c2cccc(Br)c2)c1O. The second-order valence-corrected chi connectivity index (χ2v) is 5.47. The molecule has 5 heteroatoms. The fraction of sp³-hybridized carbons (Fsp3) is 0.0588. The third kappa shape index (κ3) is 4.05. The van der Waals surface area contributed by atoms with Crippen LogP contribution < -0.4 is 5.43 Å². The zero-order valence-electron chi connectivity index (χ0n) is 11.8. The van der Waals surface area contributed by atoms with Crippen LogP contribution in [-0.2, 0) is 6.42 Å². The average molecular weight is 359 g/mol. The second kappa shape index (κ2) is 7.56. The molecule has 0 saturated heterocycles. The van der Waals surface area contributed by atoms with Crippen LogP contribution in [0.5, 0.6) is 5.75 Å². The van der Waals surface area contributed by atoms with Gasteiger partial charge in [-0.3, -0.25) is 4.79 Å². The van der Waals surface area contributed by atoms with Crippen molar-refractivity contribution >= 4 is 28.1 Å². The van der Waals surface area contributed by atoms with E-state index in [1.54, 1.807) is 30.3 Å². The number of phenolic OH excluding ortho intramolecular Hbond substituents is 1. The van der Waals surface area contributed by atoms with E-state index >= 15 is 0 Å². The molecule has 0 spiro atoms. The molecule has 2 rings (SSSR count). The highest BCUT2D eigenvalue weighted by atomic mass is 79.9. The van der Waals surface area contributed by atoms with Gasteiger partial charge >= 0.3 is 0 Å². The summed E-state index contributed by atoms with van der Waals surface area (Å²) in [5.74, 6) is -0.179. The molecule has 2 N–H and O–H groups in total. The zero-order valence-corrected chi connectivity index (χ0v) is 13.4. The van der Waals surface area contributed by atoms with Crippen LogP contribution in [0.4, 0.5) is 0 Å². The Morgan fingerprint density at radius 1 is 1.32 bits per heavy atom. The Hall–Kier alpha value is -2.40. The molecule has 0 aromatic heterocycles. The Labute approximate surface area is 137 Å². The Kier molecular flexibility index (Phi) is 5.49. The van der Waals surface area contributed by atoms with Crippen molar-refractivity contribution in [1.29, 1.82) is 0 Å². The summed E-state index contributed by atoms with van der Waals surface area (Å²) in [6.45, 7) is 3.65. The quantitative estimate of drug-likeness (QED) is 0.486. The molecular weight excluding hydrogens is 344 g/mol. The first-order valence-corrected chi connectivity index (χ1v) is 7.42. The molecule has 112 valence electrons. The van der Waals surface area contributed by atoms with Gasteiger partial charge in [-0.1, -0.05) is 40.2 Å². The zero-order chi connectivity index (χ0) is 15.9. The number of carbonyl (C=O) groups is 1. The van der Waals surface area contributed by atoms with E-state index in [2.05, 4.69) is 33.0 Å². The maximum Gasteiger partial charge on any atom is 0.271 e. The van der Waals surface area contributed by atoms with Crippen LogP contribution in [0.15, 0.2) is 64.7 Å². The first kappa shape index (κ1) is 16.0. The summed E-state index contributed by atoms with van der Waals surface area (Å²) in [5, 5.41) is 14.0. The van der Waals surface area contributed by atoms with Crippen LogP contribution in [0.25, 0.3) is 0 Å². The van der Waals surface area contributed by atoms with Crippen LogP contribution in [-0.4, -0.2) is 17.2 Å². The van der Waals surface area contributed by atoms with Gasteiger partial charge in [0.05, 0.1) is 6.21 Å². The van der Waals surface area contributed by atoms with Crippen LogP contribution in [0.1, 0.15) is 21.5 Å². The molecule has 0 radical (unpaired) electrons. The number of nitrogens with zero attached hydrogens (tertiary/aromatic N) is 1. The largest absolute Gasteiger partial charge is 0.507 e. The summed E-state index contributed by atoms with van der Waals surface area (Å²) < 4.78 is 0.818. The van der Waals surface area contributed by atoms with Gasteiger partial charge in [-0.2, -0.15) is 5.10 Å². The third-order valence-electron chi connectivity index (χ3n) is 2.97. The molecular formula is C17H15BrN2O2. The van der Waals surface area contributed by atoms with Crippen molar-refractivity contribution in [2.45, 2.75) is 6.42 Å². The van der Waals surface area contributed by atoms with E-state index in [4.69, 9.17) is 0 Å². The average Bonchev–Trinajstić information content (AvgIpc) is 2.51. The number of rotatable bonds is 5. The van der Waals surface area contributed by atoms with E-state index in [-0.39, 0.29) is 11.7 Å². The molecule has 1 amide bonds.